The minimum atomic E-state index is -0.168. The van der Waals surface area contributed by atoms with E-state index in [1.165, 1.54) is 5.56 Å². The van der Waals surface area contributed by atoms with Crippen molar-refractivity contribution in [2.45, 2.75) is 52.6 Å². The van der Waals surface area contributed by atoms with Gasteiger partial charge in [0.15, 0.2) is 5.76 Å². The summed E-state index contributed by atoms with van der Waals surface area (Å²) < 4.78 is 5.52. The number of aryl methyl sites for hydroxylation is 1. The van der Waals surface area contributed by atoms with Gasteiger partial charge < -0.3 is 9.51 Å². The van der Waals surface area contributed by atoms with Crippen LogP contribution in [0.4, 0.5) is 0 Å². The number of H-pyrrole nitrogens is 1. The topological polar surface area (TPSA) is 75.0 Å². The lowest BCUT2D eigenvalue weighted by Crippen LogP contribution is -2.37. The molecule has 3 aromatic rings. The molecule has 28 heavy (non-hydrogen) atoms. The molecular weight excluding hydrogens is 352 g/mol. The Morgan fingerprint density at radius 3 is 2.68 bits per heavy atom. The van der Waals surface area contributed by atoms with E-state index in [0.29, 0.717) is 13.1 Å². The van der Waals surface area contributed by atoms with Crippen molar-refractivity contribution in [1.82, 2.24) is 20.0 Å². The number of hydrogen-bond acceptors (Lipinski definition) is 5. The van der Waals surface area contributed by atoms with Gasteiger partial charge in [-0.3, -0.25) is 9.69 Å². The molecule has 0 amide bonds. The van der Waals surface area contributed by atoms with Crippen molar-refractivity contribution in [3.8, 4) is 11.3 Å². The number of rotatable bonds is 3. The second kappa shape index (κ2) is 7.02. The molecule has 3 heterocycles. The minimum absolute atomic E-state index is 0.0277. The third-order valence-electron chi connectivity index (χ3n) is 5.14. The molecule has 0 radical (unpaired) electrons. The van der Waals surface area contributed by atoms with Crippen molar-refractivity contribution in [2.75, 3.05) is 6.54 Å². The second-order valence-corrected chi connectivity index (χ2v) is 8.60. The molecule has 1 N–H and O–H groups in total. The van der Waals surface area contributed by atoms with Crippen molar-refractivity contribution < 1.29 is 4.52 Å². The summed E-state index contributed by atoms with van der Waals surface area (Å²) in [4.78, 5) is 22.5. The molecule has 4 rings (SSSR count). The molecule has 0 unspecified atom stereocenters. The van der Waals surface area contributed by atoms with Crippen molar-refractivity contribution in [3.05, 3.63) is 69.0 Å². The average molecular weight is 378 g/mol. The van der Waals surface area contributed by atoms with Gasteiger partial charge in [-0.2, -0.15) is 0 Å². The van der Waals surface area contributed by atoms with E-state index < -0.39 is 0 Å². The summed E-state index contributed by atoms with van der Waals surface area (Å²) in [5.74, 6) is 1.52. The largest absolute Gasteiger partial charge is 0.356 e. The van der Waals surface area contributed by atoms with Crippen LogP contribution in [-0.2, 0) is 24.9 Å². The van der Waals surface area contributed by atoms with E-state index in [0.717, 1.165) is 47.1 Å². The van der Waals surface area contributed by atoms with E-state index in [1.807, 2.05) is 18.2 Å². The highest BCUT2D eigenvalue weighted by Crippen LogP contribution is 2.24. The van der Waals surface area contributed by atoms with E-state index in [9.17, 15) is 4.79 Å². The molecule has 6 nitrogen and oxygen atoms in total. The molecule has 146 valence electrons. The first-order valence-electron chi connectivity index (χ1n) is 9.67. The fourth-order valence-electron chi connectivity index (χ4n) is 3.44. The van der Waals surface area contributed by atoms with Gasteiger partial charge >= 0.3 is 0 Å². The molecule has 0 spiro atoms. The maximum atomic E-state index is 12.6. The number of aromatic nitrogens is 3. The normalized spacial score (nSPS) is 14.9. The van der Waals surface area contributed by atoms with Crippen molar-refractivity contribution in [2.24, 2.45) is 0 Å². The van der Waals surface area contributed by atoms with Crippen LogP contribution in [0.3, 0.4) is 0 Å². The third-order valence-corrected chi connectivity index (χ3v) is 5.14. The van der Waals surface area contributed by atoms with E-state index in [2.05, 4.69) is 54.9 Å². The van der Waals surface area contributed by atoms with Gasteiger partial charge in [0.1, 0.15) is 5.82 Å². The fraction of sp³-hybridized carbons (Fsp3) is 0.409. The average Bonchev–Trinajstić information content (AvgIpc) is 3.10. The quantitative estimate of drug-likeness (QED) is 0.754. The summed E-state index contributed by atoms with van der Waals surface area (Å²) in [6, 6.07) is 10.2. The predicted molar refractivity (Wildman–Crippen MR) is 108 cm³/mol. The van der Waals surface area contributed by atoms with Gasteiger partial charge in [-0.05, 0) is 6.92 Å². The van der Waals surface area contributed by atoms with Crippen LogP contribution < -0.4 is 5.56 Å². The summed E-state index contributed by atoms with van der Waals surface area (Å²) >= 11 is 0. The Kier molecular flexibility index (Phi) is 4.67. The van der Waals surface area contributed by atoms with Crippen molar-refractivity contribution in [1.29, 1.82) is 0 Å². The molecule has 2 aromatic heterocycles. The zero-order valence-electron chi connectivity index (χ0n) is 16.9. The standard InChI is InChI=1S/C22H26N4O2/c1-14-5-7-15(8-6-14)19-11-16(25-28-19)12-26-10-9-18-17(13-26)20(27)24-21(23-18)22(2,3)4/h5-8,11H,9-10,12-13H2,1-4H3,(H,23,24,27). The van der Waals surface area contributed by atoms with Crippen LogP contribution >= 0.6 is 0 Å². The number of fused-ring (bicyclic) bond motifs is 1. The van der Waals surface area contributed by atoms with E-state index >= 15 is 0 Å². The highest BCUT2D eigenvalue weighted by Gasteiger charge is 2.25. The van der Waals surface area contributed by atoms with Gasteiger partial charge in [0.25, 0.3) is 5.56 Å². The first-order valence-corrected chi connectivity index (χ1v) is 9.67. The maximum Gasteiger partial charge on any atom is 0.255 e. The summed E-state index contributed by atoms with van der Waals surface area (Å²) in [5.41, 5.74) is 4.59. The first-order chi connectivity index (χ1) is 13.3. The number of nitrogens with one attached hydrogen (secondary N) is 1. The Hall–Kier alpha value is -2.73. The minimum Gasteiger partial charge on any atom is -0.356 e. The van der Waals surface area contributed by atoms with E-state index in [4.69, 9.17) is 9.51 Å². The fourth-order valence-corrected chi connectivity index (χ4v) is 3.44. The van der Waals surface area contributed by atoms with Gasteiger partial charge in [0.2, 0.25) is 0 Å². The van der Waals surface area contributed by atoms with E-state index in [1.54, 1.807) is 0 Å². The molecule has 1 aromatic carbocycles. The van der Waals surface area contributed by atoms with Gasteiger partial charge in [0, 0.05) is 43.1 Å². The molecule has 1 aliphatic heterocycles. The predicted octanol–water partition coefficient (Wildman–Crippen LogP) is 3.59. The van der Waals surface area contributed by atoms with Crippen molar-refractivity contribution >= 4 is 0 Å². The zero-order chi connectivity index (χ0) is 19.9. The van der Waals surface area contributed by atoms with Gasteiger partial charge in [-0.15, -0.1) is 0 Å². The molecule has 0 saturated heterocycles. The lowest BCUT2D eigenvalue weighted by Gasteiger charge is -2.28. The zero-order valence-corrected chi connectivity index (χ0v) is 16.9. The van der Waals surface area contributed by atoms with Gasteiger partial charge in [0.05, 0.1) is 17.0 Å². The Morgan fingerprint density at radius 1 is 1.21 bits per heavy atom. The van der Waals surface area contributed by atoms with Crippen LogP contribution in [0.25, 0.3) is 11.3 Å². The lowest BCUT2D eigenvalue weighted by molar-refractivity contribution is 0.233. The number of nitrogens with zero attached hydrogens (tertiary/aromatic N) is 3. The summed E-state index contributed by atoms with van der Waals surface area (Å²) in [5, 5.41) is 4.22. The van der Waals surface area contributed by atoms with Crippen LogP contribution in [0.15, 0.2) is 39.6 Å². The molecular formula is C22H26N4O2. The highest BCUT2D eigenvalue weighted by molar-refractivity contribution is 5.57. The van der Waals surface area contributed by atoms with Crippen LogP contribution in [0.5, 0.6) is 0 Å². The molecule has 0 fully saturated rings. The molecule has 6 heteroatoms. The monoisotopic (exact) mass is 378 g/mol. The lowest BCUT2D eigenvalue weighted by atomic mass is 9.95. The summed E-state index contributed by atoms with van der Waals surface area (Å²) in [7, 11) is 0. The third kappa shape index (κ3) is 3.78. The molecule has 0 atom stereocenters. The Morgan fingerprint density at radius 2 is 1.96 bits per heavy atom. The maximum absolute atomic E-state index is 12.6. The smallest absolute Gasteiger partial charge is 0.255 e. The highest BCUT2D eigenvalue weighted by atomic mass is 16.5. The Labute approximate surface area is 164 Å². The molecule has 1 aliphatic rings. The van der Waals surface area contributed by atoms with Crippen LogP contribution in [0.1, 0.15) is 49.1 Å². The molecule has 0 aliphatic carbocycles. The van der Waals surface area contributed by atoms with Gasteiger partial charge in [-0.1, -0.05) is 55.8 Å². The summed E-state index contributed by atoms with van der Waals surface area (Å²) in [6.07, 6.45) is 0.769. The Bertz CT molecular complexity index is 1040. The Balaban J connectivity index is 1.50. The van der Waals surface area contributed by atoms with E-state index in [-0.39, 0.29) is 11.0 Å². The summed E-state index contributed by atoms with van der Waals surface area (Å²) in [6.45, 7) is 10.3. The molecule has 0 bridgehead atoms. The van der Waals surface area contributed by atoms with Crippen LogP contribution in [0, 0.1) is 6.92 Å². The number of hydrogen-bond donors (Lipinski definition) is 1. The van der Waals surface area contributed by atoms with Gasteiger partial charge in [-0.25, -0.2) is 4.98 Å². The molecule has 0 saturated carbocycles. The second-order valence-electron chi connectivity index (χ2n) is 8.60. The van der Waals surface area contributed by atoms with Crippen LogP contribution in [0.2, 0.25) is 0 Å². The van der Waals surface area contributed by atoms with Crippen molar-refractivity contribution in [3.63, 3.8) is 0 Å². The van der Waals surface area contributed by atoms with Crippen LogP contribution in [-0.4, -0.2) is 26.6 Å². The number of benzene rings is 1. The first kappa shape index (κ1) is 18.6. The number of aromatic amines is 1. The SMILES string of the molecule is Cc1ccc(-c2cc(CN3CCc4nc(C(C)(C)C)[nH]c(=O)c4C3)no2)cc1.